The van der Waals surface area contributed by atoms with E-state index in [0.717, 1.165) is 11.3 Å². The van der Waals surface area contributed by atoms with Gasteiger partial charge in [-0.2, -0.15) is 0 Å². The number of hydrogen-bond acceptors (Lipinski definition) is 4. The Balaban J connectivity index is 1.90. The lowest BCUT2D eigenvalue weighted by Gasteiger charge is -2.08. The fourth-order valence-corrected chi connectivity index (χ4v) is 3.63. The van der Waals surface area contributed by atoms with Crippen molar-refractivity contribution in [2.24, 2.45) is 0 Å². The van der Waals surface area contributed by atoms with Crippen LogP contribution in [0.3, 0.4) is 0 Å². The second-order valence-corrected chi connectivity index (χ2v) is 7.30. The smallest absolute Gasteiger partial charge is 0.337 e. The molecule has 0 spiro atoms. The first-order valence-electron chi connectivity index (χ1n) is 7.42. The minimum absolute atomic E-state index is 0.0198. The molecule has 3 rings (SSSR count). The summed E-state index contributed by atoms with van der Waals surface area (Å²) < 4.78 is 13.7. The summed E-state index contributed by atoms with van der Waals surface area (Å²) >= 11 is 4.37. The zero-order valence-electron chi connectivity index (χ0n) is 13.4. The summed E-state index contributed by atoms with van der Waals surface area (Å²) in [7, 11) is 0. The number of hydrogen-bond donors (Lipinski definition) is 2. The summed E-state index contributed by atoms with van der Waals surface area (Å²) in [6, 6.07) is 10.4. The van der Waals surface area contributed by atoms with E-state index >= 15 is 0 Å². The van der Waals surface area contributed by atoms with Gasteiger partial charge in [-0.3, -0.25) is 4.79 Å². The maximum absolute atomic E-state index is 13.1. The van der Waals surface area contributed by atoms with Gasteiger partial charge in [0.2, 0.25) is 0 Å². The maximum Gasteiger partial charge on any atom is 0.337 e. The highest BCUT2D eigenvalue weighted by atomic mass is 79.9. The van der Waals surface area contributed by atoms with Gasteiger partial charge in [0.15, 0.2) is 0 Å². The molecule has 0 aliphatic carbocycles. The van der Waals surface area contributed by atoms with Gasteiger partial charge in [0, 0.05) is 10.0 Å². The predicted molar refractivity (Wildman–Crippen MR) is 101 cm³/mol. The van der Waals surface area contributed by atoms with Crippen molar-refractivity contribution in [1.82, 2.24) is 4.98 Å². The Labute approximate surface area is 160 Å². The summed E-state index contributed by atoms with van der Waals surface area (Å²) in [6.07, 6.45) is 0. The zero-order valence-corrected chi connectivity index (χ0v) is 15.8. The molecule has 132 valence electrons. The van der Waals surface area contributed by atoms with Gasteiger partial charge >= 0.3 is 5.97 Å². The quantitative estimate of drug-likeness (QED) is 0.607. The molecule has 0 unspecified atom stereocenters. The number of nitrogens with zero attached hydrogens (tertiary/aromatic N) is 1. The summed E-state index contributed by atoms with van der Waals surface area (Å²) in [4.78, 5) is 28.7. The van der Waals surface area contributed by atoms with Crippen LogP contribution in [0.4, 0.5) is 10.1 Å². The molecule has 0 saturated carbocycles. The highest BCUT2D eigenvalue weighted by molar-refractivity contribution is 9.10. The number of carbonyl (C=O) groups is 2. The van der Waals surface area contributed by atoms with Crippen molar-refractivity contribution in [3.05, 3.63) is 68.9 Å². The number of carboxylic acids is 1. The minimum Gasteiger partial charge on any atom is -0.478 e. The number of aromatic nitrogens is 1. The second kappa shape index (κ2) is 7.35. The van der Waals surface area contributed by atoms with Gasteiger partial charge < -0.3 is 10.4 Å². The number of aromatic carboxylic acids is 1. The van der Waals surface area contributed by atoms with Gasteiger partial charge in [-0.1, -0.05) is 15.9 Å². The third-order valence-electron chi connectivity index (χ3n) is 3.55. The van der Waals surface area contributed by atoms with E-state index in [1.54, 1.807) is 25.1 Å². The lowest BCUT2D eigenvalue weighted by molar-refractivity contribution is 0.0698. The van der Waals surface area contributed by atoms with Crippen LogP contribution in [0.1, 0.15) is 25.7 Å². The van der Waals surface area contributed by atoms with Crippen molar-refractivity contribution in [3.63, 3.8) is 0 Å². The molecule has 0 radical (unpaired) electrons. The van der Waals surface area contributed by atoms with E-state index in [4.69, 9.17) is 0 Å². The first-order valence-corrected chi connectivity index (χ1v) is 9.03. The first-order chi connectivity index (χ1) is 12.3. The van der Waals surface area contributed by atoms with Gasteiger partial charge in [-0.15, -0.1) is 11.3 Å². The molecule has 2 N–H and O–H groups in total. The molecule has 0 bridgehead atoms. The standard InChI is InChI=1S/C18H12BrFN2O3S/c1-9-15(26-17(21-9)10-2-5-12(20)6-3-10)16(23)22-14-7-4-11(19)8-13(14)18(24)25/h2-8H,1H3,(H,22,23)(H,24,25). The first kappa shape index (κ1) is 18.2. The summed E-state index contributed by atoms with van der Waals surface area (Å²) in [5.74, 6) is -1.94. The second-order valence-electron chi connectivity index (χ2n) is 5.39. The number of thiazole rings is 1. The van der Waals surface area contributed by atoms with E-state index in [0.29, 0.717) is 25.6 Å². The Morgan fingerprint density at radius 2 is 1.88 bits per heavy atom. The van der Waals surface area contributed by atoms with Crippen molar-refractivity contribution < 1.29 is 19.1 Å². The van der Waals surface area contributed by atoms with E-state index in [2.05, 4.69) is 26.2 Å². The molecular weight excluding hydrogens is 423 g/mol. The molecule has 0 aliphatic heterocycles. The Morgan fingerprint density at radius 3 is 2.54 bits per heavy atom. The van der Waals surface area contributed by atoms with Crippen LogP contribution in [-0.2, 0) is 0 Å². The van der Waals surface area contributed by atoms with Gasteiger partial charge in [-0.05, 0) is 49.4 Å². The Bertz CT molecular complexity index is 1000. The molecule has 26 heavy (non-hydrogen) atoms. The lowest BCUT2D eigenvalue weighted by atomic mass is 10.2. The van der Waals surface area contributed by atoms with Crippen molar-refractivity contribution in [1.29, 1.82) is 0 Å². The molecule has 1 heterocycles. The number of anilines is 1. The zero-order chi connectivity index (χ0) is 18.8. The molecule has 0 aliphatic rings. The van der Waals surface area contributed by atoms with E-state index in [1.807, 2.05) is 0 Å². The molecule has 8 heteroatoms. The van der Waals surface area contributed by atoms with Crippen molar-refractivity contribution in [2.75, 3.05) is 5.32 Å². The molecule has 3 aromatic rings. The third-order valence-corrected chi connectivity index (χ3v) is 5.25. The van der Waals surface area contributed by atoms with Gasteiger partial charge in [-0.25, -0.2) is 14.2 Å². The Morgan fingerprint density at radius 1 is 1.19 bits per heavy atom. The maximum atomic E-state index is 13.1. The van der Waals surface area contributed by atoms with Gasteiger partial charge in [0.05, 0.1) is 16.9 Å². The van der Waals surface area contributed by atoms with Crippen LogP contribution in [0.5, 0.6) is 0 Å². The molecule has 1 aromatic heterocycles. The monoisotopic (exact) mass is 434 g/mol. The normalized spacial score (nSPS) is 10.6. The van der Waals surface area contributed by atoms with Crippen LogP contribution in [-0.4, -0.2) is 22.0 Å². The van der Waals surface area contributed by atoms with E-state index < -0.39 is 11.9 Å². The van der Waals surface area contributed by atoms with Crippen LogP contribution < -0.4 is 5.32 Å². The van der Waals surface area contributed by atoms with Crippen LogP contribution >= 0.6 is 27.3 Å². The Hall–Kier alpha value is -2.58. The molecule has 1 amide bonds. The third kappa shape index (κ3) is 3.81. The van der Waals surface area contributed by atoms with Crippen molar-refractivity contribution in [3.8, 4) is 10.6 Å². The number of benzene rings is 2. The number of aryl methyl sites for hydroxylation is 1. The van der Waals surface area contributed by atoms with Crippen molar-refractivity contribution in [2.45, 2.75) is 6.92 Å². The largest absolute Gasteiger partial charge is 0.478 e. The topological polar surface area (TPSA) is 79.3 Å². The number of carboxylic acid groups (broad SMARTS) is 1. The van der Waals surface area contributed by atoms with E-state index in [9.17, 15) is 19.1 Å². The van der Waals surface area contributed by atoms with Gasteiger partial charge in [0.25, 0.3) is 5.91 Å². The molecule has 2 aromatic carbocycles. The van der Waals surface area contributed by atoms with E-state index in [-0.39, 0.29) is 17.1 Å². The number of carbonyl (C=O) groups excluding carboxylic acids is 1. The molecule has 0 saturated heterocycles. The van der Waals surface area contributed by atoms with Crippen LogP contribution in [0.25, 0.3) is 10.6 Å². The average molecular weight is 435 g/mol. The summed E-state index contributed by atoms with van der Waals surface area (Å²) in [5, 5.41) is 12.5. The molecule has 0 fully saturated rings. The summed E-state index contributed by atoms with van der Waals surface area (Å²) in [5.41, 5.74) is 1.39. The fourth-order valence-electron chi connectivity index (χ4n) is 2.30. The van der Waals surface area contributed by atoms with Crippen LogP contribution in [0.15, 0.2) is 46.9 Å². The fraction of sp³-hybridized carbons (Fsp3) is 0.0556. The number of halogens is 2. The number of rotatable bonds is 4. The van der Waals surface area contributed by atoms with Crippen LogP contribution in [0, 0.1) is 12.7 Å². The predicted octanol–water partition coefficient (Wildman–Crippen LogP) is 4.97. The molecule has 0 atom stereocenters. The highest BCUT2D eigenvalue weighted by Gasteiger charge is 2.19. The highest BCUT2D eigenvalue weighted by Crippen LogP contribution is 2.29. The van der Waals surface area contributed by atoms with E-state index in [1.165, 1.54) is 24.3 Å². The SMILES string of the molecule is Cc1nc(-c2ccc(F)cc2)sc1C(=O)Nc1ccc(Br)cc1C(=O)O. The van der Waals surface area contributed by atoms with Crippen molar-refractivity contribution >= 4 is 44.8 Å². The number of amides is 1. The molecule has 5 nitrogen and oxygen atoms in total. The van der Waals surface area contributed by atoms with Gasteiger partial charge in [0.1, 0.15) is 15.7 Å². The average Bonchev–Trinajstić information content (AvgIpc) is 2.99. The Kier molecular flexibility index (Phi) is 5.15. The lowest BCUT2D eigenvalue weighted by Crippen LogP contribution is -2.14. The molecular formula is C18H12BrFN2O3S. The summed E-state index contributed by atoms with van der Waals surface area (Å²) in [6.45, 7) is 1.69. The van der Waals surface area contributed by atoms with Crippen LogP contribution in [0.2, 0.25) is 0 Å². The number of nitrogens with one attached hydrogen (secondary N) is 1. The minimum atomic E-state index is -1.14.